The molecule has 2 unspecified atom stereocenters. The summed E-state index contributed by atoms with van der Waals surface area (Å²) in [6.07, 6.45) is 0. The summed E-state index contributed by atoms with van der Waals surface area (Å²) in [5, 5.41) is 0. The zero-order valence-corrected chi connectivity index (χ0v) is 7.54. The fourth-order valence-electron chi connectivity index (χ4n) is 0.203. The van der Waals surface area contributed by atoms with Crippen LogP contribution in [-0.4, -0.2) is 14.2 Å². The van der Waals surface area contributed by atoms with Gasteiger partial charge in [-0.25, -0.2) is 0 Å². The molecule has 0 aliphatic carbocycles. The van der Waals surface area contributed by atoms with Crippen molar-refractivity contribution in [3.8, 4) is 0 Å². The third-order valence-corrected chi connectivity index (χ3v) is 2.01. The Morgan fingerprint density at radius 3 is 1.55 bits per heavy atom. The summed E-state index contributed by atoms with van der Waals surface area (Å²) in [5.74, 6) is 0. The van der Waals surface area contributed by atoms with E-state index in [4.69, 9.17) is 0 Å². The van der Waals surface area contributed by atoms with E-state index in [9.17, 15) is 9.13 Å². The van der Waals surface area contributed by atoms with E-state index in [1.165, 1.54) is 0 Å². The van der Waals surface area contributed by atoms with Gasteiger partial charge in [-0.3, -0.25) is 0 Å². The van der Waals surface area contributed by atoms with E-state index in [0.717, 1.165) is 14.2 Å². The quantitative estimate of drug-likeness (QED) is 0.368. The Morgan fingerprint density at radius 1 is 0.909 bits per heavy atom. The molecule has 0 aliphatic heterocycles. The van der Waals surface area contributed by atoms with Gasteiger partial charge in [0.2, 0.25) is 0 Å². The SMILES string of the molecule is COO[P+](=O)O[P+](=O)OOC. The molecule has 0 fully saturated rings. The van der Waals surface area contributed by atoms with Crippen LogP contribution in [0, 0.1) is 0 Å². The van der Waals surface area contributed by atoms with Crippen LogP contribution in [0.25, 0.3) is 0 Å². The highest BCUT2D eigenvalue weighted by atomic mass is 31.2. The molecule has 0 aromatic heterocycles. The van der Waals surface area contributed by atoms with Gasteiger partial charge in [-0.1, -0.05) is 0 Å². The van der Waals surface area contributed by atoms with Crippen LogP contribution in [0.15, 0.2) is 0 Å². The average molecular weight is 204 g/mol. The smallest absolute Gasteiger partial charge is 0.190 e. The van der Waals surface area contributed by atoms with Crippen molar-refractivity contribution >= 4 is 16.5 Å². The Hall–Kier alpha value is -0.0000000000000000416. The molecule has 2 atom stereocenters. The van der Waals surface area contributed by atoms with Crippen molar-refractivity contribution in [2.24, 2.45) is 0 Å². The minimum Gasteiger partial charge on any atom is -0.190 e. The minimum atomic E-state index is -2.59. The van der Waals surface area contributed by atoms with Crippen LogP contribution in [0.5, 0.6) is 0 Å². The first-order valence-electron chi connectivity index (χ1n) is 2.25. The van der Waals surface area contributed by atoms with Crippen molar-refractivity contribution in [1.82, 2.24) is 0 Å². The predicted molar refractivity (Wildman–Crippen MR) is 32.5 cm³/mol. The second-order valence-corrected chi connectivity index (χ2v) is 2.86. The van der Waals surface area contributed by atoms with E-state index < -0.39 is 16.5 Å². The summed E-state index contributed by atoms with van der Waals surface area (Å²) >= 11 is 0. The number of rotatable bonds is 6. The molecule has 7 nitrogen and oxygen atoms in total. The number of hydrogen-bond acceptors (Lipinski definition) is 7. The van der Waals surface area contributed by atoms with Crippen molar-refractivity contribution < 1.29 is 32.6 Å². The third kappa shape index (κ3) is 6.40. The van der Waals surface area contributed by atoms with Gasteiger partial charge in [-0.05, 0) is 0 Å². The third-order valence-electron chi connectivity index (χ3n) is 0.404. The van der Waals surface area contributed by atoms with Crippen LogP contribution < -0.4 is 0 Å². The van der Waals surface area contributed by atoms with E-state index in [1.807, 2.05) is 0 Å². The molecule has 0 N–H and O–H groups in total. The molecule has 0 bridgehead atoms. The summed E-state index contributed by atoms with van der Waals surface area (Å²) in [7, 11) is -2.93. The van der Waals surface area contributed by atoms with E-state index in [1.54, 1.807) is 0 Å². The average Bonchev–Trinajstić information content (AvgIpc) is 1.87. The van der Waals surface area contributed by atoms with Crippen LogP contribution in [0.4, 0.5) is 0 Å². The standard InChI is InChI=1S/C2H6O7P2/c1-5-7-10(3)9-11(4)8-6-2/h1-2H3/q+2. The van der Waals surface area contributed by atoms with Crippen LogP contribution in [0.1, 0.15) is 0 Å². The van der Waals surface area contributed by atoms with Crippen molar-refractivity contribution in [2.75, 3.05) is 14.2 Å². The zero-order valence-electron chi connectivity index (χ0n) is 5.75. The molecule has 0 heterocycles. The lowest BCUT2D eigenvalue weighted by atomic mass is 11.8. The summed E-state index contributed by atoms with van der Waals surface area (Å²) in [4.78, 5) is 7.90. The van der Waals surface area contributed by atoms with Crippen LogP contribution in [0.3, 0.4) is 0 Å². The van der Waals surface area contributed by atoms with Crippen molar-refractivity contribution in [3.05, 3.63) is 0 Å². The Bertz CT molecular complexity index is 129. The van der Waals surface area contributed by atoms with Crippen LogP contribution in [-0.2, 0) is 32.6 Å². The Labute approximate surface area is 64.3 Å². The van der Waals surface area contributed by atoms with E-state index >= 15 is 0 Å². The molecule has 0 aromatic rings. The van der Waals surface area contributed by atoms with Crippen molar-refractivity contribution in [1.29, 1.82) is 0 Å². The summed E-state index contributed by atoms with van der Waals surface area (Å²) in [6.45, 7) is 0. The van der Waals surface area contributed by atoms with Gasteiger partial charge in [0.25, 0.3) is 0 Å². The fraction of sp³-hybridized carbons (Fsp3) is 1.00. The Kier molecular flexibility index (Phi) is 6.69. The normalized spacial score (nSPS) is 12.9. The van der Waals surface area contributed by atoms with E-state index in [0.29, 0.717) is 0 Å². The molecule has 0 radical (unpaired) electrons. The molecule has 0 rings (SSSR count). The predicted octanol–water partition coefficient (Wildman–Crippen LogP) is 1.47. The van der Waals surface area contributed by atoms with Gasteiger partial charge in [0.05, 0.1) is 23.6 Å². The van der Waals surface area contributed by atoms with Crippen molar-refractivity contribution in [3.63, 3.8) is 0 Å². The van der Waals surface area contributed by atoms with E-state index in [-0.39, 0.29) is 0 Å². The maximum absolute atomic E-state index is 10.4. The first-order chi connectivity index (χ1) is 5.20. The monoisotopic (exact) mass is 204 g/mol. The first-order valence-corrected chi connectivity index (χ1v) is 4.44. The fourth-order valence-corrected chi connectivity index (χ4v) is 1.10. The summed E-state index contributed by atoms with van der Waals surface area (Å²) in [5.41, 5.74) is 0. The van der Waals surface area contributed by atoms with Crippen LogP contribution in [0.2, 0.25) is 0 Å². The van der Waals surface area contributed by atoms with Gasteiger partial charge < -0.3 is 0 Å². The lowest BCUT2D eigenvalue weighted by Gasteiger charge is -1.75. The number of hydrogen-bond donors (Lipinski definition) is 0. The topological polar surface area (TPSA) is 80.3 Å². The molecule has 0 amide bonds. The molecular weight excluding hydrogens is 198 g/mol. The summed E-state index contributed by atoms with van der Waals surface area (Å²) in [6, 6.07) is 0. The van der Waals surface area contributed by atoms with E-state index in [2.05, 4.69) is 23.4 Å². The maximum atomic E-state index is 10.4. The molecule has 0 saturated carbocycles. The molecule has 0 spiro atoms. The highest BCUT2D eigenvalue weighted by molar-refractivity contribution is 7.47. The Morgan fingerprint density at radius 2 is 1.27 bits per heavy atom. The lowest BCUT2D eigenvalue weighted by molar-refractivity contribution is -0.187. The zero-order chi connectivity index (χ0) is 8.69. The molecule has 0 aliphatic rings. The largest absolute Gasteiger partial charge is 0.779 e. The minimum absolute atomic E-state index is 1.13. The second-order valence-electron chi connectivity index (χ2n) is 1.01. The second kappa shape index (κ2) is 6.69. The molecule has 9 heteroatoms. The van der Waals surface area contributed by atoms with Crippen LogP contribution >= 0.6 is 16.5 Å². The van der Waals surface area contributed by atoms with Gasteiger partial charge in [0.15, 0.2) is 4.31 Å². The molecule has 64 valence electrons. The lowest BCUT2D eigenvalue weighted by Crippen LogP contribution is -1.80. The molecule has 11 heavy (non-hydrogen) atoms. The first kappa shape index (κ1) is 11.0. The maximum Gasteiger partial charge on any atom is 0.779 e. The van der Waals surface area contributed by atoms with Gasteiger partial charge in [-0.2, -0.15) is 9.78 Å². The Balaban J connectivity index is 3.49. The highest BCUT2D eigenvalue weighted by Gasteiger charge is 2.42. The van der Waals surface area contributed by atoms with Gasteiger partial charge in [-0.15, -0.1) is 0 Å². The van der Waals surface area contributed by atoms with Gasteiger partial charge in [0.1, 0.15) is 0 Å². The van der Waals surface area contributed by atoms with Gasteiger partial charge >= 0.3 is 16.5 Å². The molecule has 0 aromatic carbocycles. The summed E-state index contributed by atoms with van der Waals surface area (Å²) < 4.78 is 32.7. The highest BCUT2D eigenvalue weighted by Crippen LogP contribution is 2.39. The molecule has 0 saturated heterocycles. The van der Waals surface area contributed by atoms with Crippen molar-refractivity contribution in [2.45, 2.75) is 0 Å². The molecular formula is C2H6O7P2+2. The van der Waals surface area contributed by atoms with Gasteiger partial charge in [0, 0.05) is 9.13 Å².